The zero-order chi connectivity index (χ0) is 17.7. The molecule has 0 aromatic carbocycles. The first kappa shape index (κ1) is 17.4. The number of nitro groups is 1. The molecule has 0 spiro atoms. The van der Waals surface area contributed by atoms with Crippen molar-refractivity contribution >= 4 is 11.6 Å². The van der Waals surface area contributed by atoms with E-state index in [4.69, 9.17) is 4.74 Å². The average molecular weight is 336 g/mol. The topological polar surface area (TPSA) is 108 Å². The summed E-state index contributed by atoms with van der Waals surface area (Å²) in [6.45, 7) is 3.41. The number of ether oxygens (including phenoxy) is 1. The highest BCUT2D eigenvalue weighted by atomic mass is 16.6. The molecule has 24 heavy (non-hydrogen) atoms. The monoisotopic (exact) mass is 336 g/mol. The minimum absolute atomic E-state index is 0.0624. The Morgan fingerprint density at radius 3 is 2.83 bits per heavy atom. The van der Waals surface area contributed by atoms with Crippen molar-refractivity contribution in [1.29, 1.82) is 0 Å². The second-order valence-electron chi connectivity index (χ2n) is 5.18. The summed E-state index contributed by atoms with van der Waals surface area (Å²) in [5, 5.41) is 19.0. The van der Waals surface area contributed by atoms with Gasteiger partial charge in [0, 0.05) is 26.2 Å². The van der Waals surface area contributed by atoms with E-state index in [1.54, 1.807) is 18.1 Å². The second-order valence-corrected chi connectivity index (χ2v) is 5.18. The van der Waals surface area contributed by atoms with Crippen LogP contribution in [0.2, 0.25) is 0 Å². The number of carbonyl (C=O) groups is 1. The third kappa shape index (κ3) is 3.89. The van der Waals surface area contributed by atoms with Crippen LogP contribution in [-0.4, -0.2) is 49.4 Å². The Morgan fingerprint density at radius 2 is 2.25 bits per heavy atom. The number of aryl methyl sites for hydroxylation is 2. The second kappa shape index (κ2) is 7.57. The maximum absolute atomic E-state index is 12.2. The third-order valence-electron chi connectivity index (χ3n) is 3.58. The summed E-state index contributed by atoms with van der Waals surface area (Å²) >= 11 is 0. The summed E-state index contributed by atoms with van der Waals surface area (Å²) in [6, 6.07) is 1.87. The molecule has 1 amide bonds. The Bertz CT molecular complexity index is 723. The van der Waals surface area contributed by atoms with E-state index in [2.05, 4.69) is 10.2 Å². The van der Waals surface area contributed by atoms with Gasteiger partial charge in [0.05, 0.1) is 30.8 Å². The van der Waals surface area contributed by atoms with E-state index < -0.39 is 4.92 Å². The van der Waals surface area contributed by atoms with Gasteiger partial charge in [-0.25, -0.2) is 0 Å². The van der Waals surface area contributed by atoms with Crippen LogP contribution in [0.15, 0.2) is 18.5 Å². The van der Waals surface area contributed by atoms with Gasteiger partial charge in [-0.3, -0.25) is 24.3 Å². The molecule has 0 radical (unpaired) electrons. The van der Waals surface area contributed by atoms with Gasteiger partial charge in [-0.2, -0.15) is 5.10 Å². The van der Waals surface area contributed by atoms with Gasteiger partial charge in [0.15, 0.2) is 0 Å². The van der Waals surface area contributed by atoms with E-state index in [-0.39, 0.29) is 30.4 Å². The fourth-order valence-electron chi connectivity index (χ4n) is 2.29. The minimum atomic E-state index is -0.567. The highest BCUT2D eigenvalue weighted by molar-refractivity contribution is 5.75. The maximum Gasteiger partial charge on any atom is 0.350 e. The van der Waals surface area contributed by atoms with Gasteiger partial charge < -0.3 is 9.64 Å². The highest BCUT2D eigenvalue weighted by Crippen LogP contribution is 2.24. The number of nitrogens with zero attached hydrogens (tertiary/aromatic N) is 6. The van der Waals surface area contributed by atoms with Crippen molar-refractivity contribution < 1.29 is 14.5 Å². The smallest absolute Gasteiger partial charge is 0.350 e. The molecule has 0 unspecified atom stereocenters. The Balaban J connectivity index is 1.94. The van der Waals surface area contributed by atoms with Crippen molar-refractivity contribution in [1.82, 2.24) is 24.5 Å². The lowest BCUT2D eigenvalue weighted by molar-refractivity contribution is -0.385. The van der Waals surface area contributed by atoms with E-state index in [0.29, 0.717) is 6.54 Å². The zero-order valence-electron chi connectivity index (χ0n) is 13.9. The third-order valence-corrected chi connectivity index (χ3v) is 3.58. The van der Waals surface area contributed by atoms with Crippen LogP contribution < -0.4 is 4.74 Å². The molecule has 0 aliphatic carbocycles. The molecule has 2 rings (SSSR count). The first-order valence-electron chi connectivity index (χ1n) is 7.46. The first-order chi connectivity index (χ1) is 11.5. The van der Waals surface area contributed by atoms with Gasteiger partial charge in [-0.15, -0.1) is 5.10 Å². The van der Waals surface area contributed by atoms with Gasteiger partial charge in [-0.1, -0.05) is 0 Å². The summed E-state index contributed by atoms with van der Waals surface area (Å²) in [5.74, 6) is -0.149. The molecule has 0 N–H and O–H groups in total. The van der Waals surface area contributed by atoms with Crippen LogP contribution in [0.1, 0.15) is 19.0 Å². The predicted octanol–water partition coefficient (Wildman–Crippen LogP) is 1.06. The van der Waals surface area contributed by atoms with Crippen LogP contribution in [0.4, 0.5) is 5.69 Å². The molecule has 10 nitrogen and oxygen atoms in total. The fourth-order valence-corrected chi connectivity index (χ4v) is 2.29. The number of hydrogen-bond donors (Lipinski definition) is 0. The van der Waals surface area contributed by atoms with Crippen molar-refractivity contribution in [3.8, 4) is 5.88 Å². The molecule has 0 aliphatic rings. The molecule has 2 aromatic heterocycles. The van der Waals surface area contributed by atoms with Gasteiger partial charge in [-0.05, 0) is 13.0 Å². The van der Waals surface area contributed by atoms with E-state index in [9.17, 15) is 14.9 Å². The summed E-state index contributed by atoms with van der Waals surface area (Å²) in [7, 11) is 3.02. The molecule has 0 bridgehead atoms. The molecular formula is C14H20N6O4. The Labute approximate surface area is 138 Å². The molecule has 2 aromatic rings. The normalized spacial score (nSPS) is 10.6. The number of methoxy groups -OCH3 is 1. The molecule has 0 saturated heterocycles. The molecule has 0 aliphatic heterocycles. The summed E-state index contributed by atoms with van der Waals surface area (Å²) in [6.07, 6.45) is 3.14. The van der Waals surface area contributed by atoms with Crippen molar-refractivity contribution in [3.05, 3.63) is 34.3 Å². The molecule has 0 fully saturated rings. The lowest BCUT2D eigenvalue weighted by Crippen LogP contribution is -2.28. The molecule has 10 heteroatoms. The van der Waals surface area contributed by atoms with Crippen LogP contribution in [0.3, 0.4) is 0 Å². The molecule has 130 valence electrons. The van der Waals surface area contributed by atoms with Crippen LogP contribution >= 0.6 is 0 Å². The van der Waals surface area contributed by atoms with Crippen molar-refractivity contribution in [3.63, 3.8) is 0 Å². The lowest BCUT2D eigenvalue weighted by atomic mass is 10.3. The van der Waals surface area contributed by atoms with Crippen LogP contribution in [0.25, 0.3) is 0 Å². The van der Waals surface area contributed by atoms with E-state index in [1.807, 2.05) is 17.7 Å². The number of hydrogen-bond acceptors (Lipinski definition) is 6. The SMILES string of the molecule is CCn1nccc1CN(C)C(=O)CCn1cc([N+](=O)[O-])c(OC)n1. The molecular weight excluding hydrogens is 316 g/mol. The molecule has 0 saturated carbocycles. The Morgan fingerprint density at radius 1 is 1.50 bits per heavy atom. The van der Waals surface area contributed by atoms with Crippen LogP contribution in [0, 0.1) is 10.1 Å². The van der Waals surface area contributed by atoms with E-state index in [0.717, 1.165) is 12.2 Å². The van der Waals surface area contributed by atoms with Crippen molar-refractivity contribution in [2.45, 2.75) is 33.0 Å². The van der Waals surface area contributed by atoms with Gasteiger partial charge >= 0.3 is 11.6 Å². The Hall–Kier alpha value is -2.91. The van der Waals surface area contributed by atoms with Crippen LogP contribution in [-0.2, 0) is 24.4 Å². The summed E-state index contributed by atoms with van der Waals surface area (Å²) in [4.78, 5) is 24.1. The Kier molecular flexibility index (Phi) is 5.51. The average Bonchev–Trinajstić information content (AvgIpc) is 3.18. The quantitative estimate of drug-likeness (QED) is 0.527. The zero-order valence-corrected chi connectivity index (χ0v) is 13.9. The number of aromatic nitrogens is 4. The molecule has 0 atom stereocenters. The largest absolute Gasteiger partial charge is 0.475 e. The predicted molar refractivity (Wildman–Crippen MR) is 84.4 cm³/mol. The standard InChI is InChI=1S/C14H20N6O4/c1-4-19-11(5-7-15-19)9-17(2)13(21)6-8-18-10-12(20(22)23)14(16-18)24-3/h5,7,10H,4,6,8-9H2,1-3H3. The summed E-state index contributed by atoms with van der Waals surface area (Å²) in [5.41, 5.74) is 0.731. The van der Waals surface area contributed by atoms with E-state index in [1.165, 1.54) is 18.0 Å². The summed E-state index contributed by atoms with van der Waals surface area (Å²) < 4.78 is 8.03. The van der Waals surface area contributed by atoms with Crippen molar-refractivity contribution in [2.24, 2.45) is 0 Å². The van der Waals surface area contributed by atoms with Crippen molar-refractivity contribution in [2.75, 3.05) is 14.2 Å². The highest BCUT2D eigenvalue weighted by Gasteiger charge is 2.20. The maximum atomic E-state index is 12.2. The lowest BCUT2D eigenvalue weighted by Gasteiger charge is -2.17. The number of rotatable bonds is 8. The minimum Gasteiger partial charge on any atom is -0.475 e. The number of carbonyl (C=O) groups excluding carboxylic acids is 1. The fraction of sp³-hybridized carbons (Fsp3) is 0.500. The first-order valence-corrected chi connectivity index (χ1v) is 7.46. The van der Waals surface area contributed by atoms with Gasteiger partial charge in [0.1, 0.15) is 6.20 Å². The van der Waals surface area contributed by atoms with Gasteiger partial charge in [0.2, 0.25) is 5.91 Å². The number of amides is 1. The molecule has 2 heterocycles. The van der Waals surface area contributed by atoms with Gasteiger partial charge in [0.25, 0.3) is 0 Å². The van der Waals surface area contributed by atoms with Crippen LogP contribution in [0.5, 0.6) is 5.88 Å². The van der Waals surface area contributed by atoms with E-state index >= 15 is 0 Å².